The van der Waals surface area contributed by atoms with Gasteiger partial charge in [-0.3, -0.25) is 4.79 Å². The number of para-hydroxylation sites is 2. The first-order valence-corrected chi connectivity index (χ1v) is 6.18. The summed E-state index contributed by atoms with van der Waals surface area (Å²) in [6.07, 6.45) is 0. The van der Waals surface area contributed by atoms with E-state index in [2.05, 4.69) is 18.8 Å². The number of carboxylic acid groups (broad SMARTS) is 1. The Morgan fingerprint density at radius 1 is 1.32 bits per heavy atom. The van der Waals surface area contributed by atoms with Gasteiger partial charge in [-0.15, -0.1) is 12.4 Å². The molecule has 1 aromatic heterocycles. The van der Waals surface area contributed by atoms with Crippen LogP contribution in [0.25, 0.3) is 11.0 Å². The van der Waals surface area contributed by atoms with Gasteiger partial charge in [-0.25, -0.2) is 4.98 Å². The van der Waals surface area contributed by atoms with Crippen LogP contribution in [-0.2, 0) is 11.3 Å². The fraction of sp³-hybridized carbons (Fsp3) is 0.429. The summed E-state index contributed by atoms with van der Waals surface area (Å²) in [6.45, 7) is 6.33. The summed E-state index contributed by atoms with van der Waals surface area (Å²) in [7, 11) is 0. The van der Waals surface area contributed by atoms with E-state index < -0.39 is 11.9 Å². The quantitative estimate of drug-likeness (QED) is 0.936. The fourth-order valence-electron chi connectivity index (χ4n) is 2.08. The molecule has 0 aliphatic heterocycles. The number of fused-ring (bicyclic) bond motifs is 1. The number of carboxylic acids is 1. The Morgan fingerprint density at radius 2 is 1.95 bits per heavy atom. The largest absolute Gasteiger partial charge is 0.481 e. The van der Waals surface area contributed by atoms with Crippen molar-refractivity contribution < 1.29 is 9.90 Å². The van der Waals surface area contributed by atoms with E-state index in [9.17, 15) is 4.79 Å². The number of hydrogen-bond acceptors (Lipinski definition) is 2. The summed E-state index contributed by atoms with van der Waals surface area (Å²) in [6, 6.07) is 7.85. The van der Waals surface area contributed by atoms with Crippen LogP contribution in [0.15, 0.2) is 24.3 Å². The molecule has 5 heteroatoms. The Labute approximate surface area is 118 Å². The van der Waals surface area contributed by atoms with E-state index in [1.165, 1.54) is 0 Å². The monoisotopic (exact) mass is 282 g/mol. The normalized spacial score (nSPS) is 12.4. The van der Waals surface area contributed by atoms with E-state index in [-0.39, 0.29) is 18.3 Å². The molecule has 1 heterocycles. The summed E-state index contributed by atoms with van der Waals surface area (Å²) < 4.78 is 2.03. The van der Waals surface area contributed by atoms with Crippen LogP contribution in [0.5, 0.6) is 0 Å². The Kier molecular flexibility index (Phi) is 4.95. The third-order valence-corrected chi connectivity index (χ3v) is 3.08. The molecule has 0 amide bonds. The lowest BCUT2D eigenvalue weighted by Crippen LogP contribution is -2.18. The SMILES string of the molecule is CC(Cn1c(C(C)C)nc2ccccc21)C(=O)O.Cl. The molecule has 0 saturated heterocycles. The van der Waals surface area contributed by atoms with Crippen molar-refractivity contribution in [1.82, 2.24) is 9.55 Å². The number of halogens is 1. The van der Waals surface area contributed by atoms with Crippen LogP contribution in [0.2, 0.25) is 0 Å². The smallest absolute Gasteiger partial charge is 0.308 e. The Hall–Kier alpha value is -1.55. The van der Waals surface area contributed by atoms with E-state index in [1.54, 1.807) is 6.92 Å². The van der Waals surface area contributed by atoms with Gasteiger partial charge in [0.25, 0.3) is 0 Å². The van der Waals surface area contributed by atoms with Crippen LogP contribution < -0.4 is 0 Å². The van der Waals surface area contributed by atoms with Gasteiger partial charge in [-0.1, -0.05) is 32.9 Å². The third kappa shape index (κ3) is 3.07. The molecule has 1 aromatic carbocycles. The van der Waals surface area contributed by atoms with Crippen LogP contribution in [0.1, 0.15) is 32.5 Å². The van der Waals surface area contributed by atoms with Gasteiger partial charge >= 0.3 is 5.97 Å². The van der Waals surface area contributed by atoms with Gasteiger partial charge in [0.05, 0.1) is 17.0 Å². The third-order valence-electron chi connectivity index (χ3n) is 3.08. The summed E-state index contributed by atoms with van der Waals surface area (Å²) in [4.78, 5) is 15.6. The first-order chi connectivity index (χ1) is 8.50. The molecule has 0 fully saturated rings. The Bertz CT molecular complexity index is 578. The molecule has 2 aromatic rings. The number of nitrogens with zero attached hydrogens (tertiary/aromatic N) is 2. The van der Waals surface area contributed by atoms with Crippen LogP contribution in [0.3, 0.4) is 0 Å². The number of hydrogen-bond donors (Lipinski definition) is 1. The first-order valence-electron chi connectivity index (χ1n) is 6.18. The molecule has 104 valence electrons. The number of carbonyl (C=O) groups is 1. The molecule has 1 atom stereocenters. The van der Waals surface area contributed by atoms with Crippen LogP contribution in [-0.4, -0.2) is 20.6 Å². The standard InChI is InChI=1S/C14H18N2O2.ClH/c1-9(2)13-15-11-6-4-5-7-12(11)16(13)8-10(3)14(17)18;/h4-7,9-10H,8H2,1-3H3,(H,17,18);1H. The molecular formula is C14H19ClN2O2. The number of aliphatic carboxylic acids is 1. The van der Waals surface area contributed by atoms with Gasteiger partial charge in [0, 0.05) is 12.5 Å². The number of benzene rings is 1. The van der Waals surface area contributed by atoms with Crippen molar-refractivity contribution in [2.45, 2.75) is 33.2 Å². The molecule has 1 unspecified atom stereocenters. The summed E-state index contributed by atoms with van der Waals surface area (Å²) >= 11 is 0. The zero-order chi connectivity index (χ0) is 13.3. The van der Waals surface area contributed by atoms with E-state index in [4.69, 9.17) is 5.11 Å². The zero-order valence-corrected chi connectivity index (χ0v) is 12.1. The zero-order valence-electron chi connectivity index (χ0n) is 11.3. The van der Waals surface area contributed by atoms with Gasteiger partial charge in [-0.05, 0) is 12.1 Å². The molecule has 0 radical (unpaired) electrons. The summed E-state index contributed by atoms with van der Waals surface area (Å²) in [5.41, 5.74) is 1.94. The van der Waals surface area contributed by atoms with Crippen molar-refractivity contribution in [1.29, 1.82) is 0 Å². The maximum atomic E-state index is 11.0. The maximum Gasteiger partial charge on any atom is 0.308 e. The van der Waals surface area contributed by atoms with Gasteiger partial charge in [0.1, 0.15) is 5.82 Å². The second-order valence-corrected chi connectivity index (χ2v) is 4.96. The fourth-order valence-corrected chi connectivity index (χ4v) is 2.08. The molecule has 0 aliphatic carbocycles. The van der Waals surface area contributed by atoms with Gasteiger partial charge in [0.2, 0.25) is 0 Å². The average Bonchev–Trinajstić information content (AvgIpc) is 2.68. The van der Waals surface area contributed by atoms with Crippen LogP contribution in [0, 0.1) is 5.92 Å². The summed E-state index contributed by atoms with van der Waals surface area (Å²) in [5.74, 6) is 0.0327. The van der Waals surface area contributed by atoms with Crippen molar-refractivity contribution in [2.75, 3.05) is 0 Å². The number of rotatable bonds is 4. The van der Waals surface area contributed by atoms with E-state index >= 15 is 0 Å². The van der Waals surface area contributed by atoms with E-state index in [1.807, 2.05) is 28.8 Å². The Balaban J connectivity index is 0.00000180. The molecule has 1 N–H and O–H groups in total. The molecular weight excluding hydrogens is 264 g/mol. The van der Waals surface area contributed by atoms with Gasteiger partial charge < -0.3 is 9.67 Å². The highest BCUT2D eigenvalue weighted by Crippen LogP contribution is 2.22. The molecule has 0 spiro atoms. The average molecular weight is 283 g/mol. The highest BCUT2D eigenvalue weighted by Gasteiger charge is 2.18. The molecule has 0 saturated carbocycles. The maximum absolute atomic E-state index is 11.0. The lowest BCUT2D eigenvalue weighted by molar-refractivity contribution is -0.141. The highest BCUT2D eigenvalue weighted by molar-refractivity contribution is 5.85. The highest BCUT2D eigenvalue weighted by atomic mass is 35.5. The number of aromatic nitrogens is 2. The van der Waals surface area contributed by atoms with Crippen molar-refractivity contribution >= 4 is 29.4 Å². The predicted molar refractivity (Wildman–Crippen MR) is 77.9 cm³/mol. The van der Waals surface area contributed by atoms with Crippen molar-refractivity contribution in [2.24, 2.45) is 5.92 Å². The summed E-state index contributed by atoms with van der Waals surface area (Å²) in [5, 5.41) is 9.05. The molecule has 2 rings (SSSR count). The van der Waals surface area contributed by atoms with Gasteiger partial charge in [0.15, 0.2) is 0 Å². The van der Waals surface area contributed by atoms with Crippen molar-refractivity contribution in [3.05, 3.63) is 30.1 Å². The van der Waals surface area contributed by atoms with E-state index in [0.717, 1.165) is 16.9 Å². The molecule has 0 aliphatic rings. The van der Waals surface area contributed by atoms with Crippen LogP contribution >= 0.6 is 12.4 Å². The molecule has 4 nitrogen and oxygen atoms in total. The van der Waals surface area contributed by atoms with E-state index in [0.29, 0.717) is 6.54 Å². The first kappa shape index (κ1) is 15.5. The minimum atomic E-state index is -0.775. The second kappa shape index (κ2) is 6.06. The van der Waals surface area contributed by atoms with Crippen molar-refractivity contribution in [3.63, 3.8) is 0 Å². The lowest BCUT2D eigenvalue weighted by atomic mass is 10.1. The Morgan fingerprint density at radius 3 is 2.53 bits per heavy atom. The topological polar surface area (TPSA) is 55.1 Å². The lowest BCUT2D eigenvalue weighted by Gasteiger charge is -2.13. The van der Waals surface area contributed by atoms with Gasteiger partial charge in [-0.2, -0.15) is 0 Å². The second-order valence-electron chi connectivity index (χ2n) is 4.96. The molecule has 19 heavy (non-hydrogen) atoms. The predicted octanol–water partition coefficient (Wildman–Crippen LogP) is 3.30. The minimum Gasteiger partial charge on any atom is -0.481 e. The minimum absolute atomic E-state index is 0. The number of imidazole rings is 1. The molecule has 0 bridgehead atoms. The van der Waals surface area contributed by atoms with Crippen molar-refractivity contribution in [3.8, 4) is 0 Å². The van der Waals surface area contributed by atoms with Crippen LogP contribution in [0.4, 0.5) is 0 Å².